The lowest BCUT2D eigenvalue weighted by molar-refractivity contribution is -0.145. The van der Waals surface area contributed by atoms with E-state index in [-0.39, 0.29) is 30.1 Å². The van der Waals surface area contributed by atoms with Gasteiger partial charge in [0.05, 0.1) is 26.1 Å². The number of carboxylic acid groups (broad SMARTS) is 1. The summed E-state index contributed by atoms with van der Waals surface area (Å²) in [4.78, 5) is 38.2. The molecule has 3 atom stereocenters. The molecule has 1 aromatic carbocycles. The highest BCUT2D eigenvalue weighted by Gasteiger charge is 2.35. The fraction of sp³-hybridized carbons (Fsp3) is 0.609. The molecule has 1 aliphatic carbocycles. The van der Waals surface area contributed by atoms with Crippen molar-refractivity contribution in [3.05, 3.63) is 23.8 Å². The molecule has 8 nitrogen and oxygen atoms in total. The lowest BCUT2D eigenvalue weighted by Crippen LogP contribution is -2.40. The molecule has 2 amide bonds. The van der Waals surface area contributed by atoms with Gasteiger partial charge < -0.3 is 24.8 Å². The van der Waals surface area contributed by atoms with Gasteiger partial charge in [0.25, 0.3) is 0 Å². The molecule has 1 aromatic rings. The minimum Gasteiger partial charge on any atom is -0.493 e. The monoisotopic (exact) mass is 432 g/mol. The third-order valence-corrected chi connectivity index (χ3v) is 6.47. The number of nitrogens with zero attached hydrogens (tertiary/aromatic N) is 1. The number of carbonyl (C=O) groups is 3. The van der Waals surface area contributed by atoms with Crippen LogP contribution in [-0.2, 0) is 20.8 Å². The number of amides is 2. The Morgan fingerprint density at radius 1 is 1.16 bits per heavy atom. The van der Waals surface area contributed by atoms with E-state index in [2.05, 4.69) is 5.32 Å². The first-order valence-electron chi connectivity index (χ1n) is 10.9. The second-order valence-corrected chi connectivity index (χ2v) is 8.41. The third kappa shape index (κ3) is 5.68. The number of ether oxygens (including phenoxy) is 2. The zero-order valence-electron chi connectivity index (χ0n) is 18.3. The molecule has 2 aliphatic rings. The maximum atomic E-state index is 12.6. The van der Waals surface area contributed by atoms with Crippen LogP contribution >= 0.6 is 0 Å². The number of hydrogen-bond acceptors (Lipinski definition) is 5. The number of hydrogen-bond donors (Lipinski definition) is 2. The number of aliphatic carboxylic acids is 1. The van der Waals surface area contributed by atoms with Crippen LogP contribution in [0.4, 0.5) is 0 Å². The van der Waals surface area contributed by atoms with E-state index in [0.29, 0.717) is 44.0 Å². The Morgan fingerprint density at radius 2 is 1.90 bits per heavy atom. The third-order valence-electron chi connectivity index (χ3n) is 6.47. The van der Waals surface area contributed by atoms with E-state index >= 15 is 0 Å². The predicted octanol–water partition coefficient (Wildman–Crippen LogP) is 2.10. The van der Waals surface area contributed by atoms with Crippen molar-refractivity contribution in [3.63, 3.8) is 0 Å². The fourth-order valence-electron chi connectivity index (χ4n) is 4.62. The molecule has 3 rings (SSSR count). The normalized spacial score (nSPS) is 23.5. The van der Waals surface area contributed by atoms with Gasteiger partial charge in [-0.1, -0.05) is 18.9 Å². The first kappa shape index (κ1) is 22.9. The summed E-state index contributed by atoms with van der Waals surface area (Å²) in [5.41, 5.74) is 1.02. The van der Waals surface area contributed by atoms with Gasteiger partial charge in [-0.15, -0.1) is 0 Å². The SMILES string of the molecule is COc1ccc(CCN2CC(C(=O)NC[C@@H]3CCCC[C@@H]3C(=O)O)CC2=O)cc1OC. The summed E-state index contributed by atoms with van der Waals surface area (Å²) in [5.74, 6) is -0.471. The maximum Gasteiger partial charge on any atom is 0.306 e. The number of rotatable bonds is 9. The molecule has 0 bridgehead atoms. The second-order valence-electron chi connectivity index (χ2n) is 8.41. The Balaban J connectivity index is 1.49. The summed E-state index contributed by atoms with van der Waals surface area (Å²) < 4.78 is 10.6. The summed E-state index contributed by atoms with van der Waals surface area (Å²) in [7, 11) is 3.17. The average Bonchev–Trinajstić information content (AvgIpc) is 3.16. The lowest BCUT2D eigenvalue weighted by atomic mass is 9.79. The second kappa shape index (κ2) is 10.5. The molecule has 8 heteroatoms. The molecule has 1 saturated heterocycles. The summed E-state index contributed by atoms with van der Waals surface area (Å²) in [6.07, 6.45) is 4.26. The smallest absolute Gasteiger partial charge is 0.306 e. The molecule has 1 unspecified atom stereocenters. The van der Waals surface area contributed by atoms with Gasteiger partial charge in [-0.3, -0.25) is 14.4 Å². The first-order valence-corrected chi connectivity index (χ1v) is 10.9. The van der Waals surface area contributed by atoms with Crippen molar-refractivity contribution in [1.82, 2.24) is 10.2 Å². The average molecular weight is 433 g/mol. The van der Waals surface area contributed by atoms with Gasteiger partial charge in [0.15, 0.2) is 11.5 Å². The van der Waals surface area contributed by atoms with E-state index in [4.69, 9.17) is 9.47 Å². The Hall–Kier alpha value is -2.77. The molecule has 1 heterocycles. The van der Waals surface area contributed by atoms with Crippen molar-refractivity contribution in [2.24, 2.45) is 17.8 Å². The molecular weight excluding hydrogens is 400 g/mol. The van der Waals surface area contributed by atoms with Crippen molar-refractivity contribution in [2.75, 3.05) is 33.9 Å². The van der Waals surface area contributed by atoms with Crippen LogP contribution in [0.25, 0.3) is 0 Å². The number of likely N-dealkylation sites (tertiary alicyclic amines) is 1. The molecule has 0 spiro atoms. The van der Waals surface area contributed by atoms with E-state index in [0.717, 1.165) is 24.8 Å². The Labute approximate surface area is 182 Å². The number of methoxy groups -OCH3 is 2. The van der Waals surface area contributed by atoms with E-state index in [1.54, 1.807) is 19.1 Å². The number of nitrogens with one attached hydrogen (secondary N) is 1. The van der Waals surface area contributed by atoms with E-state index in [1.165, 1.54) is 0 Å². The predicted molar refractivity (Wildman–Crippen MR) is 114 cm³/mol. The minimum absolute atomic E-state index is 0.0262. The molecule has 170 valence electrons. The zero-order chi connectivity index (χ0) is 22.4. The van der Waals surface area contributed by atoms with Crippen LogP contribution < -0.4 is 14.8 Å². The number of carboxylic acids is 1. The largest absolute Gasteiger partial charge is 0.493 e. The molecule has 2 N–H and O–H groups in total. The fourth-order valence-corrected chi connectivity index (χ4v) is 4.62. The van der Waals surface area contributed by atoms with Gasteiger partial charge in [-0.05, 0) is 42.9 Å². The van der Waals surface area contributed by atoms with Gasteiger partial charge in [-0.2, -0.15) is 0 Å². The summed E-state index contributed by atoms with van der Waals surface area (Å²) in [6.45, 7) is 1.29. The van der Waals surface area contributed by atoms with Crippen molar-refractivity contribution in [3.8, 4) is 11.5 Å². The molecule has 0 radical (unpaired) electrons. The summed E-state index contributed by atoms with van der Waals surface area (Å²) in [5, 5.41) is 12.3. The molecule has 2 fully saturated rings. The number of carbonyl (C=O) groups excluding carboxylic acids is 2. The summed E-state index contributed by atoms with van der Waals surface area (Å²) in [6, 6.07) is 5.67. The standard InChI is InChI=1S/C23H32N2O6/c1-30-19-8-7-15(11-20(19)31-2)9-10-25-14-17(12-21(25)26)22(27)24-13-16-5-3-4-6-18(16)23(28)29/h7-8,11,16-18H,3-6,9-10,12-14H2,1-2H3,(H,24,27)(H,28,29)/t16-,17?,18-/m0/s1. The highest BCUT2D eigenvalue weighted by Crippen LogP contribution is 2.30. The van der Waals surface area contributed by atoms with Crippen LogP contribution in [0.15, 0.2) is 18.2 Å². The van der Waals surface area contributed by atoms with Gasteiger partial charge >= 0.3 is 5.97 Å². The molecule has 1 saturated carbocycles. The van der Waals surface area contributed by atoms with Gasteiger partial charge in [0.1, 0.15) is 0 Å². The topological polar surface area (TPSA) is 105 Å². The van der Waals surface area contributed by atoms with Crippen molar-refractivity contribution >= 4 is 17.8 Å². The van der Waals surface area contributed by atoms with Crippen LogP contribution in [0.5, 0.6) is 11.5 Å². The van der Waals surface area contributed by atoms with Crippen LogP contribution in [-0.4, -0.2) is 61.6 Å². The van der Waals surface area contributed by atoms with Gasteiger partial charge in [0, 0.05) is 26.1 Å². The highest BCUT2D eigenvalue weighted by atomic mass is 16.5. The van der Waals surface area contributed by atoms with Gasteiger partial charge in [0.2, 0.25) is 11.8 Å². The molecule has 31 heavy (non-hydrogen) atoms. The van der Waals surface area contributed by atoms with Crippen molar-refractivity contribution < 1.29 is 29.0 Å². The molecular formula is C23H32N2O6. The van der Waals surface area contributed by atoms with Crippen LogP contribution in [0.1, 0.15) is 37.7 Å². The number of benzene rings is 1. The van der Waals surface area contributed by atoms with Crippen molar-refractivity contribution in [1.29, 1.82) is 0 Å². The van der Waals surface area contributed by atoms with E-state index in [9.17, 15) is 19.5 Å². The van der Waals surface area contributed by atoms with Crippen LogP contribution in [0.2, 0.25) is 0 Å². The maximum absolute atomic E-state index is 12.6. The minimum atomic E-state index is -0.781. The molecule has 0 aromatic heterocycles. The first-order chi connectivity index (χ1) is 14.9. The Morgan fingerprint density at radius 3 is 2.61 bits per heavy atom. The van der Waals surface area contributed by atoms with E-state index in [1.807, 2.05) is 18.2 Å². The quantitative estimate of drug-likeness (QED) is 0.619. The van der Waals surface area contributed by atoms with Crippen LogP contribution in [0.3, 0.4) is 0 Å². The zero-order valence-corrected chi connectivity index (χ0v) is 18.3. The van der Waals surface area contributed by atoms with Crippen molar-refractivity contribution in [2.45, 2.75) is 38.5 Å². The Kier molecular flexibility index (Phi) is 7.76. The van der Waals surface area contributed by atoms with Crippen LogP contribution in [0, 0.1) is 17.8 Å². The Bertz CT molecular complexity index is 811. The van der Waals surface area contributed by atoms with E-state index < -0.39 is 11.9 Å². The summed E-state index contributed by atoms with van der Waals surface area (Å²) >= 11 is 0. The lowest BCUT2D eigenvalue weighted by Gasteiger charge is -2.29. The molecule has 1 aliphatic heterocycles. The van der Waals surface area contributed by atoms with Gasteiger partial charge in [-0.25, -0.2) is 0 Å². The highest BCUT2D eigenvalue weighted by molar-refractivity contribution is 5.89.